The van der Waals surface area contributed by atoms with Crippen LogP contribution in [0.3, 0.4) is 0 Å². The summed E-state index contributed by atoms with van der Waals surface area (Å²) in [7, 11) is -3.49. The number of β-amino-alcohol motifs (C(OH)–C–C–N with tert-alkyl or cyclic N) is 1. The molecule has 5 rings (SSSR count). The lowest BCUT2D eigenvalue weighted by Gasteiger charge is -2.26. The zero-order valence-corrected chi connectivity index (χ0v) is 24.4. The number of fused-ring (bicyclic) bond motifs is 1. The molecule has 14 heteroatoms. The average Bonchev–Trinajstić information content (AvgIpc) is 3.46. The number of likely N-dealkylation sites (tertiary alicyclic amines) is 1. The van der Waals surface area contributed by atoms with E-state index in [1.807, 2.05) is 0 Å². The summed E-state index contributed by atoms with van der Waals surface area (Å²) in [5.41, 5.74) is 3.43. The number of amides is 1. The van der Waals surface area contributed by atoms with E-state index in [1.165, 1.54) is 33.5 Å². The van der Waals surface area contributed by atoms with E-state index in [0.29, 0.717) is 33.8 Å². The molecule has 0 saturated carbocycles. The van der Waals surface area contributed by atoms with Crippen LogP contribution >= 0.6 is 11.6 Å². The first kappa shape index (κ1) is 30.5. The van der Waals surface area contributed by atoms with Gasteiger partial charge in [-0.3, -0.25) is 14.4 Å². The van der Waals surface area contributed by atoms with Crippen LogP contribution in [0.2, 0.25) is 5.02 Å². The number of benzene rings is 2. The van der Waals surface area contributed by atoms with Crippen LogP contribution in [-0.2, 0) is 36.1 Å². The fourth-order valence-corrected chi connectivity index (χ4v) is 6.36. The maximum absolute atomic E-state index is 13.6. The Labute approximate surface area is 246 Å². The van der Waals surface area contributed by atoms with Crippen molar-refractivity contribution in [2.45, 2.75) is 44.5 Å². The summed E-state index contributed by atoms with van der Waals surface area (Å²) in [5, 5.41) is 18.7. The number of halogens is 4. The Kier molecular flexibility index (Phi) is 8.68. The first-order valence-corrected chi connectivity index (χ1v) is 15.7. The summed E-state index contributed by atoms with van der Waals surface area (Å²) in [6.07, 6.45) is 0.289. The fourth-order valence-electron chi connectivity index (χ4n) is 5.39. The number of nitrogens with zero attached hydrogens (tertiary/aromatic N) is 4. The van der Waals surface area contributed by atoms with Gasteiger partial charge in [-0.1, -0.05) is 17.7 Å². The van der Waals surface area contributed by atoms with Crippen molar-refractivity contribution in [2.24, 2.45) is 0 Å². The van der Waals surface area contributed by atoms with E-state index in [1.54, 1.807) is 22.9 Å². The van der Waals surface area contributed by atoms with Crippen molar-refractivity contribution in [2.75, 3.05) is 32.4 Å². The maximum Gasteiger partial charge on any atom is 0.261 e. The van der Waals surface area contributed by atoms with Crippen molar-refractivity contribution in [3.8, 4) is 11.3 Å². The van der Waals surface area contributed by atoms with E-state index >= 15 is 0 Å². The smallest absolute Gasteiger partial charge is 0.261 e. The monoisotopic (exact) mass is 625 g/mol. The summed E-state index contributed by atoms with van der Waals surface area (Å²) in [4.78, 5) is 14.1. The molecule has 1 aromatic heterocycles. The van der Waals surface area contributed by atoms with Crippen LogP contribution in [0.25, 0.3) is 11.3 Å². The predicted molar refractivity (Wildman–Crippen MR) is 151 cm³/mol. The van der Waals surface area contributed by atoms with Gasteiger partial charge in [-0.25, -0.2) is 21.6 Å². The minimum Gasteiger partial charge on any atom is -0.390 e. The van der Waals surface area contributed by atoms with Crippen LogP contribution in [0.5, 0.6) is 0 Å². The molecule has 42 heavy (non-hydrogen) atoms. The Bertz CT molecular complexity index is 1580. The SMILES string of the molecule is CS(=O)(=O)N1CCc2c(c(-c3ccc(Cl)c(CNC(=O)c4ccc(F)cc4)c3)nn2CC(O)CN2CCC(F)(F)C2)C1. The molecule has 0 radical (unpaired) electrons. The Morgan fingerprint density at radius 2 is 1.90 bits per heavy atom. The van der Waals surface area contributed by atoms with Crippen LogP contribution in [0, 0.1) is 5.82 Å². The van der Waals surface area contributed by atoms with Crippen LogP contribution in [0.4, 0.5) is 13.2 Å². The van der Waals surface area contributed by atoms with Gasteiger partial charge in [0, 0.05) is 73.0 Å². The predicted octanol–water partition coefficient (Wildman–Crippen LogP) is 3.29. The summed E-state index contributed by atoms with van der Waals surface area (Å²) in [6, 6.07) is 10.3. The van der Waals surface area contributed by atoms with Crippen molar-refractivity contribution in [1.29, 1.82) is 0 Å². The van der Waals surface area contributed by atoms with E-state index in [0.717, 1.165) is 11.9 Å². The zero-order valence-electron chi connectivity index (χ0n) is 22.9. The minimum absolute atomic E-state index is 0.0530. The lowest BCUT2D eigenvalue weighted by molar-refractivity contribution is 0.00647. The largest absolute Gasteiger partial charge is 0.390 e. The van der Waals surface area contributed by atoms with Crippen molar-refractivity contribution in [1.82, 2.24) is 24.3 Å². The Morgan fingerprint density at radius 3 is 2.57 bits per heavy atom. The number of nitrogens with one attached hydrogen (secondary N) is 1. The van der Waals surface area contributed by atoms with Crippen LogP contribution in [0.15, 0.2) is 42.5 Å². The highest BCUT2D eigenvalue weighted by Crippen LogP contribution is 2.33. The van der Waals surface area contributed by atoms with Crippen LogP contribution < -0.4 is 5.32 Å². The zero-order chi connectivity index (χ0) is 30.2. The van der Waals surface area contributed by atoms with Gasteiger partial charge in [0.1, 0.15) is 5.82 Å². The van der Waals surface area contributed by atoms with Gasteiger partial charge in [0.2, 0.25) is 10.0 Å². The number of aromatic nitrogens is 2. The molecule has 1 saturated heterocycles. The van der Waals surface area contributed by atoms with Gasteiger partial charge in [-0.2, -0.15) is 9.40 Å². The number of aliphatic hydroxyl groups is 1. The van der Waals surface area contributed by atoms with Crippen molar-refractivity contribution >= 4 is 27.5 Å². The third kappa shape index (κ3) is 6.97. The molecule has 9 nitrogen and oxygen atoms in total. The number of hydrogen-bond donors (Lipinski definition) is 2. The summed E-state index contributed by atoms with van der Waals surface area (Å²) in [5.74, 6) is -3.63. The molecule has 0 spiro atoms. The summed E-state index contributed by atoms with van der Waals surface area (Å²) < 4.78 is 68.2. The van der Waals surface area contributed by atoms with Gasteiger partial charge in [0.05, 0.1) is 31.1 Å². The number of alkyl halides is 2. The molecule has 1 atom stereocenters. The molecule has 0 bridgehead atoms. The highest BCUT2D eigenvalue weighted by Gasteiger charge is 2.39. The molecule has 2 aromatic carbocycles. The van der Waals surface area contributed by atoms with E-state index < -0.39 is 40.3 Å². The number of carbonyl (C=O) groups excluding carboxylic acids is 1. The van der Waals surface area contributed by atoms with Gasteiger partial charge in [-0.15, -0.1) is 0 Å². The molecule has 1 unspecified atom stereocenters. The molecule has 0 aliphatic carbocycles. The lowest BCUT2D eigenvalue weighted by Crippen LogP contribution is -2.37. The normalized spacial score (nSPS) is 18.1. The fraction of sp³-hybridized carbons (Fsp3) is 0.429. The first-order chi connectivity index (χ1) is 19.8. The molecule has 2 aliphatic heterocycles. The summed E-state index contributed by atoms with van der Waals surface area (Å²) >= 11 is 6.43. The van der Waals surface area contributed by atoms with Crippen LogP contribution in [0.1, 0.15) is 33.6 Å². The molecule has 2 N–H and O–H groups in total. The molecule has 226 valence electrons. The van der Waals surface area contributed by atoms with Crippen molar-refractivity contribution in [3.05, 3.63) is 75.7 Å². The van der Waals surface area contributed by atoms with Gasteiger partial charge in [-0.05, 0) is 42.0 Å². The van der Waals surface area contributed by atoms with E-state index in [2.05, 4.69) is 5.32 Å². The van der Waals surface area contributed by atoms with Gasteiger partial charge < -0.3 is 10.4 Å². The third-order valence-corrected chi connectivity index (χ3v) is 9.15. The van der Waals surface area contributed by atoms with E-state index in [9.17, 15) is 31.5 Å². The second-order valence-corrected chi connectivity index (χ2v) is 13.2. The Morgan fingerprint density at radius 1 is 1.17 bits per heavy atom. The molecule has 1 amide bonds. The Balaban J connectivity index is 1.40. The van der Waals surface area contributed by atoms with E-state index in [-0.39, 0.29) is 51.3 Å². The second-order valence-electron chi connectivity index (χ2n) is 10.8. The molecular weight excluding hydrogens is 595 g/mol. The molecular formula is C28H31ClF3N5O4S. The number of sulfonamides is 1. The molecule has 1 fully saturated rings. The lowest BCUT2D eigenvalue weighted by atomic mass is 10.0. The summed E-state index contributed by atoms with van der Waals surface area (Å²) in [6.45, 7) is 0.303. The highest BCUT2D eigenvalue weighted by molar-refractivity contribution is 7.88. The van der Waals surface area contributed by atoms with Crippen molar-refractivity contribution in [3.63, 3.8) is 0 Å². The maximum atomic E-state index is 13.6. The van der Waals surface area contributed by atoms with Crippen molar-refractivity contribution < 1.29 is 31.5 Å². The minimum atomic E-state index is -3.49. The molecule has 3 heterocycles. The van der Waals surface area contributed by atoms with Gasteiger partial charge in [0.15, 0.2) is 0 Å². The number of hydrogen-bond acceptors (Lipinski definition) is 6. The number of rotatable bonds is 9. The average molecular weight is 626 g/mol. The van der Waals surface area contributed by atoms with Gasteiger partial charge >= 0.3 is 0 Å². The quantitative estimate of drug-likeness (QED) is 0.378. The molecule has 3 aromatic rings. The number of aliphatic hydroxyl groups excluding tert-OH is 1. The second kappa shape index (κ2) is 12.0. The third-order valence-electron chi connectivity index (χ3n) is 7.53. The van der Waals surface area contributed by atoms with Gasteiger partial charge in [0.25, 0.3) is 11.8 Å². The van der Waals surface area contributed by atoms with E-state index in [4.69, 9.17) is 16.7 Å². The number of carbonyl (C=O) groups is 1. The first-order valence-electron chi connectivity index (χ1n) is 13.4. The molecule has 2 aliphatic rings. The Hall–Kier alpha value is -2.97. The standard InChI is InChI=1S/C28H31ClF3N5O4S/c1-42(40,41)36-10-8-25-23(16-36)26(34-37(25)15-22(38)14-35-11-9-28(31,32)17-35)19-4-7-24(29)20(12-19)13-33-27(39)18-2-5-21(30)6-3-18/h2-7,12,22,38H,8-11,13-17H2,1H3,(H,33,39). The topological polar surface area (TPSA) is 108 Å². The van der Waals surface area contributed by atoms with Crippen LogP contribution in [-0.4, -0.2) is 82.9 Å². The highest BCUT2D eigenvalue weighted by atomic mass is 35.5.